The molecule has 0 bridgehead atoms. The van der Waals surface area contributed by atoms with Crippen LogP contribution in [0, 0.1) is 5.82 Å². The highest BCUT2D eigenvalue weighted by atomic mass is 32.2. The van der Waals surface area contributed by atoms with E-state index in [2.05, 4.69) is 10.2 Å². The van der Waals surface area contributed by atoms with Gasteiger partial charge in [-0.3, -0.25) is 4.90 Å². The summed E-state index contributed by atoms with van der Waals surface area (Å²) in [5, 5.41) is 3.35. The first-order valence-corrected chi connectivity index (χ1v) is 11.0. The number of rotatable bonds is 4. The molecule has 0 aromatic heterocycles. The van der Waals surface area contributed by atoms with E-state index in [0.717, 1.165) is 43.7 Å². The van der Waals surface area contributed by atoms with Gasteiger partial charge in [0.15, 0.2) is 9.84 Å². The van der Waals surface area contributed by atoms with Crippen LogP contribution in [0.25, 0.3) is 0 Å². The average Bonchev–Trinajstić information content (AvgIpc) is 3.00. The van der Waals surface area contributed by atoms with Crippen molar-refractivity contribution in [1.29, 1.82) is 0 Å². The Balaban J connectivity index is 1.63. The van der Waals surface area contributed by atoms with Gasteiger partial charge in [0.1, 0.15) is 17.7 Å². The molecule has 144 valence electrons. The van der Waals surface area contributed by atoms with E-state index in [1.807, 2.05) is 6.07 Å². The lowest BCUT2D eigenvalue weighted by Gasteiger charge is -2.36. The summed E-state index contributed by atoms with van der Waals surface area (Å²) in [6.45, 7) is 3.70. The third-order valence-electron chi connectivity index (χ3n) is 5.33. The van der Waals surface area contributed by atoms with Crippen molar-refractivity contribution < 1.29 is 17.5 Å². The van der Waals surface area contributed by atoms with Gasteiger partial charge >= 0.3 is 0 Å². The van der Waals surface area contributed by atoms with Gasteiger partial charge in [-0.1, -0.05) is 6.07 Å². The number of nitrogens with zero attached hydrogens (tertiary/aromatic N) is 1. The number of benzene rings is 2. The maximum atomic E-state index is 13.9. The first-order chi connectivity index (χ1) is 12.9. The lowest BCUT2D eigenvalue weighted by atomic mass is 10.1. The lowest BCUT2D eigenvalue weighted by Crippen LogP contribution is -2.50. The highest BCUT2D eigenvalue weighted by Crippen LogP contribution is 2.38. The van der Waals surface area contributed by atoms with Gasteiger partial charge in [0.25, 0.3) is 0 Å². The minimum Gasteiger partial charge on any atom is -0.484 e. The average molecular weight is 390 g/mol. The Morgan fingerprint density at radius 2 is 1.81 bits per heavy atom. The summed E-state index contributed by atoms with van der Waals surface area (Å²) in [5.41, 5.74) is 1.99. The zero-order chi connectivity index (χ0) is 19.0. The highest BCUT2D eigenvalue weighted by molar-refractivity contribution is 7.90. The molecule has 1 heterocycles. The molecule has 2 aromatic rings. The summed E-state index contributed by atoms with van der Waals surface area (Å²) >= 11 is 0. The van der Waals surface area contributed by atoms with Crippen molar-refractivity contribution in [3.05, 3.63) is 59.4 Å². The topological polar surface area (TPSA) is 58.6 Å². The molecule has 1 N–H and O–H groups in total. The van der Waals surface area contributed by atoms with Crippen LogP contribution in [0.4, 0.5) is 4.39 Å². The number of sulfone groups is 1. The van der Waals surface area contributed by atoms with Crippen molar-refractivity contribution in [1.82, 2.24) is 10.2 Å². The van der Waals surface area contributed by atoms with E-state index in [0.29, 0.717) is 5.75 Å². The summed E-state index contributed by atoms with van der Waals surface area (Å²) < 4.78 is 43.5. The van der Waals surface area contributed by atoms with Crippen LogP contribution < -0.4 is 10.1 Å². The Kier molecular flexibility index (Phi) is 4.92. The maximum absolute atomic E-state index is 13.9. The normalized spacial score (nSPS) is 23.2. The molecule has 0 saturated carbocycles. The van der Waals surface area contributed by atoms with Crippen molar-refractivity contribution in [2.45, 2.75) is 23.5 Å². The summed E-state index contributed by atoms with van der Waals surface area (Å²) in [6.07, 6.45) is 1.72. The van der Waals surface area contributed by atoms with Gasteiger partial charge in [0.2, 0.25) is 0 Å². The SMILES string of the molecule is CS(=O)(=O)c1ccc(O[C@H]2c3cc(F)ccc3C[C@@H]2N2CCNCC2)cc1. The van der Waals surface area contributed by atoms with Crippen LogP contribution in [-0.4, -0.2) is 51.8 Å². The standard InChI is InChI=1S/C20H23FN2O3S/c1-27(24,25)17-6-4-16(5-7-17)26-20-18-13-15(21)3-2-14(18)12-19(20)23-10-8-22-9-11-23/h2-7,13,19-20,22H,8-12H2,1H3/t19-,20-/m0/s1. The minimum absolute atomic E-state index is 0.137. The molecule has 0 radical (unpaired) electrons. The number of halogens is 1. The predicted octanol–water partition coefficient (Wildman–Crippen LogP) is 2.18. The van der Waals surface area contributed by atoms with Gasteiger partial charge in [-0.2, -0.15) is 0 Å². The van der Waals surface area contributed by atoms with Crippen LogP contribution in [0.1, 0.15) is 17.2 Å². The number of hydrogen-bond acceptors (Lipinski definition) is 5. The molecule has 1 aliphatic heterocycles. The Morgan fingerprint density at radius 1 is 1.11 bits per heavy atom. The molecule has 7 heteroatoms. The van der Waals surface area contributed by atoms with Gasteiger partial charge in [-0.05, 0) is 48.4 Å². The Hall–Kier alpha value is -1.96. The first kappa shape index (κ1) is 18.4. The van der Waals surface area contributed by atoms with E-state index in [1.54, 1.807) is 30.3 Å². The van der Waals surface area contributed by atoms with Gasteiger partial charge in [0, 0.05) is 38.0 Å². The molecule has 27 heavy (non-hydrogen) atoms. The fourth-order valence-corrected chi connectivity index (χ4v) is 4.58. The quantitative estimate of drug-likeness (QED) is 0.867. The van der Waals surface area contributed by atoms with Gasteiger partial charge in [0.05, 0.1) is 10.9 Å². The Bertz CT molecular complexity index is 925. The summed E-state index contributed by atoms with van der Waals surface area (Å²) in [6, 6.07) is 11.5. The fourth-order valence-electron chi connectivity index (χ4n) is 3.94. The van der Waals surface area contributed by atoms with Crippen LogP contribution >= 0.6 is 0 Å². The van der Waals surface area contributed by atoms with Crippen LogP contribution in [0.15, 0.2) is 47.4 Å². The molecule has 2 atom stereocenters. The van der Waals surface area contributed by atoms with E-state index in [4.69, 9.17) is 4.74 Å². The van der Waals surface area contributed by atoms with E-state index >= 15 is 0 Å². The van der Waals surface area contributed by atoms with Gasteiger partial charge in [-0.15, -0.1) is 0 Å². The zero-order valence-electron chi connectivity index (χ0n) is 15.2. The van der Waals surface area contributed by atoms with Crippen LogP contribution in [0.5, 0.6) is 5.75 Å². The van der Waals surface area contributed by atoms with Crippen LogP contribution in [-0.2, 0) is 16.3 Å². The van der Waals surface area contributed by atoms with Crippen LogP contribution in [0.2, 0.25) is 0 Å². The second-order valence-corrected chi connectivity index (χ2v) is 9.20. The summed E-state index contributed by atoms with van der Waals surface area (Å²) in [7, 11) is -3.25. The van der Waals surface area contributed by atoms with Crippen LogP contribution in [0.3, 0.4) is 0 Å². The Morgan fingerprint density at radius 3 is 2.48 bits per heavy atom. The molecule has 2 aliphatic rings. The molecule has 0 spiro atoms. The summed E-state index contributed by atoms with van der Waals surface area (Å²) in [5.74, 6) is 0.320. The number of fused-ring (bicyclic) bond motifs is 1. The van der Waals surface area contributed by atoms with Crippen molar-refractivity contribution in [2.75, 3.05) is 32.4 Å². The molecule has 1 fully saturated rings. The first-order valence-electron chi connectivity index (χ1n) is 9.12. The predicted molar refractivity (Wildman–Crippen MR) is 101 cm³/mol. The van der Waals surface area contributed by atoms with E-state index in [-0.39, 0.29) is 22.9 Å². The van der Waals surface area contributed by atoms with Crippen molar-refractivity contribution >= 4 is 9.84 Å². The largest absolute Gasteiger partial charge is 0.484 e. The number of piperazine rings is 1. The molecular weight excluding hydrogens is 367 g/mol. The zero-order valence-corrected chi connectivity index (χ0v) is 16.0. The van der Waals surface area contributed by atoms with E-state index in [9.17, 15) is 12.8 Å². The van der Waals surface area contributed by atoms with Gasteiger partial charge < -0.3 is 10.1 Å². The number of nitrogens with one attached hydrogen (secondary N) is 1. The third kappa shape index (κ3) is 3.85. The fraction of sp³-hybridized carbons (Fsp3) is 0.400. The second kappa shape index (κ2) is 7.22. The van der Waals surface area contributed by atoms with Crippen molar-refractivity contribution in [2.24, 2.45) is 0 Å². The molecule has 0 amide bonds. The Labute approximate surface area is 159 Å². The van der Waals surface area contributed by atoms with Crippen molar-refractivity contribution in [3.63, 3.8) is 0 Å². The molecule has 0 unspecified atom stereocenters. The number of ether oxygens (including phenoxy) is 1. The smallest absolute Gasteiger partial charge is 0.175 e. The molecule has 1 saturated heterocycles. The second-order valence-electron chi connectivity index (χ2n) is 7.18. The van der Waals surface area contributed by atoms with E-state index < -0.39 is 9.84 Å². The highest BCUT2D eigenvalue weighted by Gasteiger charge is 2.38. The lowest BCUT2D eigenvalue weighted by molar-refractivity contribution is 0.0692. The minimum atomic E-state index is -3.25. The monoisotopic (exact) mass is 390 g/mol. The van der Waals surface area contributed by atoms with Crippen molar-refractivity contribution in [3.8, 4) is 5.75 Å². The molecule has 5 nitrogen and oxygen atoms in total. The maximum Gasteiger partial charge on any atom is 0.175 e. The number of hydrogen-bond donors (Lipinski definition) is 1. The van der Waals surface area contributed by atoms with E-state index in [1.165, 1.54) is 12.3 Å². The summed E-state index contributed by atoms with van der Waals surface area (Å²) in [4.78, 5) is 2.65. The van der Waals surface area contributed by atoms with Gasteiger partial charge in [-0.25, -0.2) is 12.8 Å². The third-order valence-corrected chi connectivity index (χ3v) is 6.46. The molecule has 1 aliphatic carbocycles. The molecule has 4 rings (SSSR count). The molecular formula is C20H23FN2O3S. The molecule has 2 aromatic carbocycles.